The first-order chi connectivity index (χ1) is 20.6. The maximum atomic E-state index is 12.7. The molecule has 0 radical (unpaired) electrons. The maximum Gasteiger partial charge on any atom is 0.573 e. The number of amidine groups is 1. The van der Waals surface area contributed by atoms with Crippen LogP contribution >= 0.6 is 11.8 Å². The first kappa shape index (κ1) is 30.0. The van der Waals surface area contributed by atoms with E-state index >= 15 is 0 Å². The van der Waals surface area contributed by atoms with Crippen molar-refractivity contribution in [2.45, 2.75) is 32.7 Å². The molecular formula is C30H29F3N6O3S. The summed E-state index contributed by atoms with van der Waals surface area (Å²) in [5.41, 5.74) is 4.28. The van der Waals surface area contributed by atoms with E-state index in [4.69, 9.17) is 4.74 Å². The number of urea groups is 1. The molecule has 5 rings (SSSR count). The van der Waals surface area contributed by atoms with Gasteiger partial charge in [0.25, 0.3) is 0 Å². The number of halogens is 3. The van der Waals surface area contributed by atoms with Gasteiger partial charge in [0.15, 0.2) is 11.0 Å². The Morgan fingerprint density at radius 3 is 2.47 bits per heavy atom. The number of aromatic nitrogens is 3. The van der Waals surface area contributed by atoms with E-state index in [-0.39, 0.29) is 18.2 Å². The number of anilines is 1. The summed E-state index contributed by atoms with van der Waals surface area (Å²) in [4.78, 5) is 23.5. The zero-order valence-electron chi connectivity index (χ0n) is 23.6. The summed E-state index contributed by atoms with van der Waals surface area (Å²) in [5, 5.41) is 7.93. The first-order valence-corrected chi connectivity index (χ1v) is 14.4. The lowest BCUT2D eigenvalue weighted by molar-refractivity contribution is -0.274. The normalized spacial score (nSPS) is 14.4. The minimum atomic E-state index is -4.75. The minimum Gasteiger partial charge on any atom is -0.497 e. The summed E-state index contributed by atoms with van der Waals surface area (Å²) < 4.78 is 48.0. The Kier molecular flexibility index (Phi) is 8.90. The van der Waals surface area contributed by atoms with Gasteiger partial charge >= 0.3 is 12.4 Å². The van der Waals surface area contributed by atoms with Crippen LogP contribution in [0.15, 0.2) is 78.0 Å². The van der Waals surface area contributed by atoms with Gasteiger partial charge < -0.3 is 19.7 Å². The van der Waals surface area contributed by atoms with Gasteiger partial charge in [0, 0.05) is 30.1 Å². The number of hydrogen-bond acceptors (Lipinski definition) is 6. The second-order valence-electron chi connectivity index (χ2n) is 9.88. The van der Waals surface area contributed by atoms with Crippen molar-refractivity contribution in [3.05, 3.63) is 84.2 Å². The highest BCUT2D eigenvalue weighted by Crippen LogP contribution is 2.35. The fourth-order valence-electron chi connectivity index (χ4n) is 4.48. The van der Waals surface area contributed by atoms with Crippen LogP contribution in [0.25, 0.3) is 17.1 Å². The summed E-state index contributed by atoms with van der Waals surface area (Å²) in [6, 6.07) is 18.2. The third-order valence-corrected chi connectivity index (χ3v) is 7.56. The van der Waals surface area contributed by atoms with E-state index in [1.54, 1.807) is 18.9 Å². The lowest BCUT2D eigenvalue weighted by atomic mass is 10.00. The van der Waals surface area contributed by atoms with Crippen molar-refractivity contribution in [2.75, 3.05) is 24.3 Å². The molecule has 9 nitrogen and oxygen atoms in total. The third kappa shape index (κ3) is 7.47. The fourth-order valence-corrected chi connectivity index (χ4v) is 5.43. The summed E-state index contributed by atoms with van der Waals surface area (Å²) in [7, 11) is 1.65. The molecular weight excluding hydrogens is 581 g/mol. The predicted molar refractivity (Wildman–Crippen MR) is 160 cm³/mol. The van der Waals surface area contributed by atoms with Gasteiger partial charge in [-0.05, 0) is 59.5 Å². The lowest BCUT2D eigenvalue weighted by Gasteiger charge is -2.23. The molecule has 43 heavy (non-hydrogen) atoms. The van der Waals surface area contributed by atoms with Crippen LogP contribution < -0.4 is 19.7 Å². The van der Waals surface area contributed by atoms with Gasteiger partial charge in [0.05, 0.1) is 12.8 Å². The van der Waals surface area contributed by atoms with Gasteiger partial charge in [0.2, 0.25) is 0 Å². The molecule has 1 aliphatic rings. The number of methoxy groups -OCH3 is 1. The summed E-state index contributed by atoms with van der Waals surface area (Å²) in [5.74, 6) is 2.01. The van der Waals surface area contributed by atoms with Gasteiger partial charge in [-0.25, -0.2) is 14.5 Å². The second-order valence-corrected chi connectivity index (χ2v) is 10.9. The molecule has 13 heteroatoms. The monoisotopic (exact) mass is 610 g/mol. The van der Waals surface area contributed by atoms with Crippen LogP contribution in [0.5, 0.6) is 11.5 Å². The van der Waals surface area contributed by atoms with Crippen molar-refractivity contribution in [3.63, 3.8) is 0 Å². The standard InChI is InChI=1S/C30H29F3N6O3S/c1-19(2)25-16-24(41-3)12-13-26(25)38-14-15-43-29(38)36-28(40)34-17-20-4-6-21(7-5-20)27-35-18-39(37-27)22-8-10-23(11-9-22)42-30(31,32)33/h4-13,16,18-19H,14-15,17H2,1-3H3,(H,34,40)/b36-29-. The van der Waals surface area contributed by atoms with Crippen LogP contribution in [0.4, 0.5) is 23.7 Å². The Hall–Kier alpha value is -4.52. The Labute approximate surface area is 250 Å². The molecule has 2 amide bonds. The molecule has 1 aliphatic heterocycles. The zero-order chi connectivity index (χ0) is 30.6. The molecule has 0 spiro atoms. The molecule has 4 aromatic rings. The van der Waals surface area contributed by atoms with Gasteiger partial charge in [0.1, 0.15) is 17.8 Å². The average Bonchev–Trinajstić information content (AvgIpc) is 3.66. The van der Waals surface area contributed by atoms with Crippen LogP contribution in [0.3, 0.4) is 0 Å². The summed E-state index contributed by atoms with van der Waals surface area (Å²) in [6.07, 6.45) is -3.28. The number of benzene rings is 3. The van der Waals surface area contributed by atoms with E-state index in [2.05, 4.69) is 43.9 Å². The van der Waals surface area contributed by atoms with Crippen molar-refractivity contribution in [2.24, 2.45) is 4.99 Å². The molecule has 1 N–H and O–H groups in total. The van der Waals surface area contributed by atoms with E-state index in [1.165, 1.54) is 35.3 Å². The van der Waals surface area contributed by atoms with Crippen molar-refractivity contribution >= 4 is 28.6 Å². The molecule has 224 valence electrons. The molecule has 0 bridgehead atoms. The number of carbonyl (C=O) groups is 1. The van der Waals surface area contributed by atoms with Gasteiger partial charge in [-0.1, -0.05) is 49.9 Å². The minimum absolute atomic E-state index is 0.269. The predicted octanol–water partition coefficient (Wildman–Crippen LogP) is 6.78. The van der Waals surface area contributed by atoms with Crippen LogP contribution in [0, 0.1) is 0 Å². The van der Waals surface area contributed by atoms with Gasteiger partial charge in [-0.2, -0.15) is 4.99 Å². The lowest BCUT2D eigenvalue weighted by Crippen LogP contribution is -2.28. The number of nitrogens with zero attached hydrogens (tertiary/aromatic N) is 5. The van der Waals surface area contributed by atoms with Crippen LogP contribution in [-0.4, -0.2) is 51.7 Å². The molecule has 0 saturated carbocycles. The van der Waals surface area contributed by atoms with E-state index in [1.807, 2.05) is 42.5 Å². The average molecular weight is 611 g/mol. The zero-order valence-corrected chi connectivity index (χ0v) is 24.4. The number of ether oxygens (including phenoxy) is 2. The molecule has 1 fully saturated rings. The Morgan fingerprint density at radius 2 is 1.79 bits per heavy atom. The van der Waals surface area contributed by atoms with Crippen molar-refractivity contribution < 1.29 is 27.4 Å². The molecule has 2 heterocycles. The van der Waals surface area contributed by atoms with Crippen LogP contribution in [-0.2, 0) is 6.54 Å². The third-order valence-electron chi connectivity index (χ3n) is 6.60. The number of hydrogen-bond donors (Lipinski definition) is 1. The second kappa shape index (κ2) is 12.8. The number of rotatable bonds is 8. The van der Waals surface area contributed by atoms with E-state index < -0.39 is 12.4 Å². The van der Waals surface area contributed by atoms with Crippen molar-refractivity contribution in [3.8, 4) is 28.6 Å². The highest BCUT2D eigenvalue weighted by Gasteiger charge is 2.31. The maximum absolute atomic E-state index is 12.7. The highest BCUT2D eigenvalue weighted by molar-refractivity contribution is 8.14. The number of nitrogens with one attached hydrogen (secondary N) is 1. The molecule has 1 aromatic heterocycles. The first-order valence-electron chi connectivity index (χ1n) is 13.4. The van der Waals surface area contributed by atoms with Gasteiger partial charge in [-0.3, -0.25) is 0 Å². The summed E-state index contributed by atoms with van der Waals surface area (Å²) in [6.45, 7) is 5.29. The van der Waals surface area contributed by atoms with Gasteiger partial charge in [-0.15, -0.1) is 18.3 Å². The fraction of sp³-hybridized carbons (Fsp3) is 0.267. The molecule has 0 aliphatic carbocycles. The molecule has 0 atom stereocenters. The number of amides is 2. The summed E-state index contributed by atoms with van der Waals surface area (Å²) >= 11 is 1.54. The highest BCUT2D eigenvalue weighted by atomic mass is 32.2. The topological polar surface area (TPSA) is 93.9 Å². The van der Waals surface area contributed by atoms with Crippen LogP contribution in [0.2, 0.25) is 0 Å². The van der Waals surface area contributed by atoms with E-state index in [9.17, 15) is 18.0 Å². The number of aliphatic imine (C=N–C) groups is 1. The van der Waals surface area contributed by atoms with E-state index in [0.29, 0.717) is 16.7 Å². The molecule has 0 unspecified atom stereocenters. The largest absolute Gasteiger partial charge is 0.573 e. The number of carbonyl (C=O) groups excluding carboxylic acids is 1. The van der Waals surface area contributed by atoms with Crippen LogP contribution in [0.1, 0.15) is 30.9 Å². The Balaban J connectivity index is 1.20. The molecule has 1 saturated heterocycles. The quantitative estimate of drug-likeness (QED) is 0.235. The SMILES string of the molecule is COc1ccc(N2CCS/C2=N\C(=O)NCc2ccc(-c3ncn(-c4ccc(OC(F)(F)F)cc4)n3)cc2)c(C(C)C)c1. The van der Waals surface area contributed by atoms with Crippen molar-refractivity contribution in [1.82, 2.24) is 20.1 Å². The Morgan fingerprint density at radius 1 is 1.07 bits per heavy atom. The van der Waals surface area contributed by atoms with E-state index in [0.717, 1.165) is 40.4 Å². The smallest absolute Gasteiger partial charge is 0.497 e. The van der Waals surface area contributed by atoms with Crippen molar-refractivity contribution in [1.29, 1.82) is 0 Å². The number of alkyl halides is 3. The Bertz CT molecular complexity index is 1600. The number of thioether (sulfide) groups is 1. The molecule has 3 aromatic carbocycles.